The van der Waals surface area contributed by atoms with Crippen molar-refractivity contribution in [3.63, 3.8) is 0 Å². The molecule has 0 radical (unpaired) electrons. The van der Waals surface area contributed by atoms with Gasteiger partial charge < -0.3 is 5.32 Å². The molecule has 1 aromatic carbocycles. The number of para-hydroxylation sites is 1. The van der Waals surface area contributed by atoms with Crippen LogP contribution >= 0.6 is 0 Å². The Morgan fingerprint density at radius 1 is 1.08 bits per heavy atom. The van der Waals surface area contributed by atoms with Crippen LogP contribution in [0.2, 0.25) is 0 Å². The topological polar surface area (TPSA) is 71.1 Å². The summed E-state index contributed by atoms with van der Waals surface area (Å²) in [7, 11) is -3.16. The van der Waals surface area contributed by atoms with E-state index in [-0.39, 0.29) is 11.3 Å². The van der Waals surface area contributed by atoms with Crippen LogP contribution in [0.1, 0.15) is 45.2 Å². The molecule has 2 aromatic rings. The Morgan fingerprint density at radius 2 is 1.81 bits per heavy atom. The van der Waals surface area contributed by atoms with E-state index in [0.717, 1.165) is 50.0 Å². The molecule has 6 heteroatoms. The summed E-state index contributed by atoms with van der Waals surface area (Å²) in [6.45, 7) is 5.17. The Hall–Kier alpha value is -1.50. The Balaban J connectivity index is 1.42. The first-order valence-electron chi connectivity index (χ1n) is 9.50. The Bertz CT molecular complexity index is 828. The highest BCUT2D eigenvalue weighted by molar-refractivity contribution is 7.90. The van der Waals surface area contributed by atoms with Gasteiger partial charge in [0.05, 0.1) is 16.5 Å². The van der Waals surface area contributed by atoms with Crippen molar-refractivity contribution in [1.82, 2.24) is 15.0 Å². The van der Waals surface area contributed by atoms with E-state index in [1.807, 2.05) is 18.2 Å². The lowest BCUT2D eigenvalue weighted by Gasteiger charge is -2.29. The molecule has 0 atom stereocenters. The van der Waals surface area contributed by atoms with Crippen LogP contribution in [0.5, 0.6) is 0 Å². The fourth-order valence-electron chi connectivity index (χ4n) is 3.46. The van der Waals surface area contributed by atoms with Crippen molar-refractivity contribution in [1.29, 1.82) is 0 Å². The van der Waals surface area contributed by atoms with Gasteiger partial charge >= 0.3 is 0 Å². The van der Waals surface area contributed by atoms with Gasteiger partial charge in [0.2, 0.25) is 10.0 Å². The summed E-state index contributed by atoms with van der Waals surface area (Å²) in [6.07, 6.45) is 3.96. The van der Waals surface area contributed by atoms with E-state index in [4.69, 9.17) is 0 Å². The van der Waals surface area contributed by atoms with Crippen LogP contribution in [-0.2, 0) is 16.6 Å². The molecule has 0 aliphatic heterocycles. The summed E-state index contributed by atoms with van der Waals surface area (Å²) in [6, 6.07) is 12.4. The van der Waals surface area contributed by atoms with Crippen molar-refractivity contribution in [2.24, 2.45) is 5.92 Å². The quantitative estimate of drug-likeness (QED) is 0.779. The van der Waals surface area contributed by atoms with Crippen LogP contribution in [0, 0.1) is 5.92 Å². The lowest BCUT2D eigenvalue weighted by Crippen LogP contribution is -2.41. The first kappa shape index (κ1) is 19.3. The zero-order chi connectivity index (χ0) is 18.6. The fourth-order valence-corrected chi connectivity index (χ4v) is 4.44. The molecular weight excluding hydrogens is 346 g/mol. The Morgan fingerprint density at radius 3 is 2.54 bits per heavy atom. The second kappa shape index (κ2) is 8.46. The van der Waals surface area contributed by atoms with Crippen molar-refractivity contribution >= 4 is 20.9 Å². The molecule has 26 heavy (non-hydrogen) atoms. The summed E-state index contributed by atoms with van der Waals surface area (Å²) in [4.78, 5) is 4.69. The summed E-state index contributed by atoms with van der Waals surface area (Å²) in [5.74, 6) is 0.607. The van der Waals surface area contributed by atoms with Crippen molar-refractivity contribution in [3.8, 4) is 0 Å². The number of nitrogens with zero attached hydrogens (tertiary/aromatic N) is 1. The summed E-state index contributed by atoms with van der Waals surface area (Å²) < 4.78 is 26.8. The minimum absolute atomic E-state index is 0.0980. The standard InChI is InChI=1S/C20H29N3O2S/c1-15(2)26(24,25)23-18-10-7-16(8-11-18)13-21-14-19-12-9-17-5-3-4-6-20(17)22-19/h3-6,9,12,15-16,18,21,23H,7-8,10-11,13-14H2,1-2H3. The highest BCUT2D eigenvalue weighted by Crippen LogP contribution is 2.24. The van der Waals surface area contributed by atoms with E-state index in [1.165, 1.54) is 5.39 Å². The zero-order valence-electron chi connectivity index (χ0n) is 15.6. The van der Waals surface area contributed by atoms with Crippen LogP contribution in [0.3, 0.4) is 0 Å². The number of fused-ring (bicyclic) bond motifs is 1. The number of aromatic nitrogens is 1. The minimum Gasteiger partial charge on any atom is -0.311 e. The normalized spacial score (nSPS) is 21.3. The van der Waals surface area contributed by atoms with Gasteiger partial charge in [-0.15, -0.1) is 0 Å². The van der Waals surface area contributed by atoms with Crippen molar-refractivity contribution in [3.05, 3.63) is 42.1 Å². The Labute approximate surface area is 156 Å². The third-order valence-corrected chi connectivity index (χ3v) is 7.10. The molecule has 1 heterocycles. The van der Waals surface area contributed by atoms with Crippen LogP contribution in [-0.4, -0.2) is 31.2 Å². The van der Waals surface area contributed by atoms with E-state index < -0.39 is 10.0 Å². The molecular formula is C20H29N3O2S. The fraction of sp³-hybridized carbons (Fsp3) is 0.550. The van der Waals surface area contributed by atoms with Crippen LogP contribution in [0.4, 0.5) is 0 Å². The molecule has 0 unspecified atom stereocenters. The SMILES string of the molecule is CC(C)S(=O)(=O)NC1CCC(CNCc2ccc3ccccc3n2)CC1. The maximum Gasteiger partial charge on any atom is 0.214 e. The second-order valence-corrected chi connectivity index (χ2v) is 9.82. The molecule has 0 spiro atoms. The predicted molar refractivity (Wildman–Crippen MR) is 106 cm³/mol. The van der Waals surface area contributed by atoms with Crippen LogP contribution < -0.4 is 10.0 Å². The van der Waals surface area contributed by atoms with Gasteiger partial charge in [0.15, 0.2) is 0 Å². The number of rotatable bonds is 7. The van der Waals surface area contributed by atoms with Gasteiger partial charge in [-0.1, -0.05) is 24.3 Å². The Kier molecular flexibility index (Phi) is 6.27. The second-order valence-electron chi connectivity index (χ2n) is 7.56. The van der Waals surface area contributed by atoms with Gasteiger partial charge in [0, 0.05) is 18.0 Å². The number of hydrogen-bond donors (Lipinski definition) is 2. The average Bonchev–Trinajstić information content (AvgIpc) is 2.63. The highest BCUT2D eigenvalue weighted by Gasteiger charge is 2.26. The molecule has 1 aliphatic carbocycles. The number of hydrogen-bond acceptors (Lipinski definition) is 4. The molecule has 0 saturated heterocycles. The highest BCUT2D eigenvalue weighted by atomic mass is 32.2. The van der Waals surface area contributed by atoms with Gasteiger partial charge in [0.25, 0.3) is 0 Å². The first-order valence-corrected chi connectivity index (χ1v) is 11.1. The summed E-state index contributed by atoms with van der Waals surface area (Å²) in [5, 5.41) is 4.32. The largest absolute Gasteiger partial charge is 0.311 e. The molecule has 0 bridgehead atoms. The lowest BCUT2D eigenvalue weighted by atomic mass is 9.86. The third-order valence-electron chi connectivity index (χ3n) is 5.19. The van der Waals surface area contributed by atoms with Gasteiger partial charge in [-0.3, -0.25) is 4.98 Å². The molecule has 1 saturated carbocycles. The van der Waals surface area contributed by atoms with Crippen molar-refractivity contribution in [2.75, 3.05) is 6.54 Å². The van der Waals surface area contributed by atoms with E-state index in [1.54, 1.807) is 13.8 Å². The molecule has 1 aromatic heterocycles. The maximum atomic E-state index is 12.0. The molecule has 3 rings (SSSR count). The minimum atomic E-state index is -3.16. The number of sulfonamides is 1. The average molecular weight is 376 g/mol. The van der Waals surface area contributed by atoms with E-state index >= 15 is 0 Å². The monoisotopic (exact) mass is 375 g/mol. The lowest BCUT2D eigenvalue weighted by molar-refractivity contribution is 0.302. The van der Waals surface area contributed by atoms with Crippen molar-refractivity contribution in [2.45, 2.75) is 57.4 Å². The number of nitrogens with one attached hydrogen (secondary N) is 2. The van der Waals surface area contributed by atoms with Crippen LogP contribution in [0.15, 0.2) is 36.4 Å². The zero-order valence-corrected chi connectivity index (χ0v) is 16.4. The van der Waals surface area contributed by atoms with E-state index in [0.29, 0.717) is 5.92 Å². The number of benzene rings is 1. The molecule has 142 valence electrons. The smallest absolute Gasteiger partial charge is 0.214 e. The van der Waals surface area contributed by atoms with Crippen molar-refractivity contribution < 1.29 is 8.42 Å². The molecule has 0 amide bonds. The first-order chi connectivity index (χ1) is 12.4. The molecule has 5 nitrogen and oxygen atoms in total. The summed E-state index contributed by atoms with van der Waals surface area (Å²) >= 11 is 0. The van der Waals surface area contributed by atoms with Crippen LogP contribution in [0.25, 0.3) is 10.9 Å². The predicted octanol–water partition coefficient (Wildman–Crippen LogP) is 3.21. The maximum absolute atomic E-state index is 12.0. The molecule has 1 fully saturated rings. The van der Waals surface area contributed by atoms with E-state index in [9.17, 15) is 8.42 Å². The number of pyridine rings is 1. The molecule has 2 N–H and O–H groups in total. The van der Waals surface area contributed by atoms with Gasteiger partial charge in [-0.2, -0.15) is 0 Å². The summed E-state index contributed by atoms with van der Waals surface area (Å²) in [5.41, 5.74) is 2.09. The van der Waals surface area contributed by atoms with Gasteiger partial charge in [0.1, 0.15) is 0 Å². The van der Waals surface area contributed by atoms with E-state index in [2.05, 4.69) is 33.2 Å². The third kappa shape index (κ3) is 5.02. The molecule has 1 aliphatic rings. The van der Waals surface area contributed by atoms with Gasteiger partial charge in [-0.05, 0) is 64.1 Å². The van der Waals surface area contributed by atoms with Gasteiger partial charge in [-0.25, -0.2) is 13.1 Å².